The molecule has 0 radical (unpaired) electrons. The minimum atomic E-state index is -4.43. The third-order valence-corrected chi connectivity index (χ3v) is 3.40. The predicted octanol–water partition coefficient (Wildman–Crippen LogP) is 3.21. The number of nitrogens with two attached hydrogens (primary N) is 1. The van der Waals surface area contributed by atoms with Gasteiger partial charge in [-0.1, -0.05) is 11.2 Å². The minimum Gasteiger partial charge on any atom is -0.484 e. The summed E-state index contributed by atoms with van der Waals surface area (Å²) < 4.78 is 51.9. The van der Waals surface area contributed by atoms with Gasteiger partial charge in [-0.25, -0.2) is 0 Å². The molecule has 0 aliphatic rings. The number of carbonyl (C=O) groups is 1. The van der Waals surface area contributed by atoms with Crippen LogP contribution in [0.3, 0.4) is 0 Å². The highest BCUT2D eigenvalue weighted by Gasteiger charge is 2.28. The summed E-state index contributed by atoms with van der Waals surface area (Å²) in [7, 11) is 0. The smallest absolute Gasteiger partial charge is 0.422 e. The van der Waals surface area contributed by atoms with E-state index in [-0.39, 0.29) is 24.1 Å². The zero-order valence-electron chi connectivity index (χ0n) is 14.3. The quantitative estimate of drug-likeness (QED) is 0.662. The van der Waals surface area contributed by atoms with Crippen LogP contribution in [0.15, 0.2) is 53.1 Å². The molecule has 2 aromatic carbocycles. The number of alkyl halides is 3. The number of primary amides is 1. The predicted molar refractivity (Wildman–Crippen MR) is 91.4 cm³/mol. The van der Waals surface area contributed by atoms with Gasteiger partial charge in [0.05, 0.1) is 0 Å². The second kappa shape index (κ2) is 7.99. The van der Waals surface area contributed by atoms with Crippen LogP contribution in [0.1, 0.15) is 0 Å². The molecule has 0 atom stereocenters. The van der Waals surface area contributed by atoms with Crippen LogP contribution in [0.25, 0.3) is 22.8 Å². The molecule has 7 nitrogen and oxygen atoms in total. The van der Waals surface area contributed by atoms with Gasteiger partial charge in [0.25, 0.3) is 11.8 Å². The number of amides is 1. The van der Waals surface area contributed by atoms with Crippen LogP contribution in [0.4, 0.5) is 13.2 Å². The standard InChI is InChI=1S/C18H14F3N3O4/c19-18(20,21)10-27-14-3-1-2-12(8-14)17-23-16(24-28-17)11-4-6-13(7-5-11)26-9-15(22)25/h1-8H,9-10H2,(H2,22,25). The van der Waals surface area contributed by atoms with Crippen LogP contribution < -0.4 is 15.2 Å². The van der Waals surface area contributed by atoms with Gasteiger partial charge < -0.3 is 19.7 Å². The van der Waals surface area contributed by atoms with E-state index in [4.69, 9.17) is 19.7 Å². The summed E-state index contributed by atoms with van der Waals surface area (Å²) in [5.41, 5.74) is 6.04. The molecule has 1 heterocycles. The number of hydrogen-bond acceptors (Lipinski definition) is 6. The van der Waals surface area contributed by atoms with E-state index in [0.717, 1.165) is 0 Å². The van der Waals surface area contributed by atoms with Crippen molar-refractivity contribution in [1.29, 1.82) is 0 Å². The monoisotopic (exact) mass is 393 g/mol. The molecule has 10 heteroatoms. The lowest BCUT2D eigenvalue weighted by Crippen LogP contribution is -2.19. The molecule has 146 valence electrons. The van der Waals surface area contributed by atoms with Gasteiger partial charge in [-0.05, 0) is 42.5 Å². The molecule has 0 aliphatic heterocycles. The van der Waals surface area contributed by atoms with Crippen LogP contribution >= 0.6 is 0 Å². The molecule has 0 fully saturated rings. The highest BCUT2D eigenvalue weighted by atomic mass is 19.4. The van der Waals surface area contributed by atoms with E-state index >= 15 is 0 Å². The lowest BCUT2D eigenvalue weighted by Gasteiger charge is -2.09. The van der Waals surface area contributed by atoms with Crippen LogP contribution in [0, 0.1) is 0 Å². The van der Waals surface area contributed by atoms with E-state index < -0.39 is 18.7 Å². The Kier molecular flexibility index (Phi) is 5.48. The molecule has 1 amide bonds. The van der Waals surface area contributed by atoms with Gasteiger partial charge in [0, 0.05) is 11.1 Å². The molecular formula is C18H14F3N3O4. The van der Waals surface area contributed by atoms with Crippen molar-refractivity contribution in [3.05, 3.63) is 48.5 Å². The largest absolute Gasteiger partial charge is 0.484 e. The summed E-state index contributed by atoms with van der Waals surface area (Å²) in [4.78, 5) is 14.9. The normalized spacial score (nSPS) is 11.2. The number of halogens is 3. The molecule has 0 saturated carbocycles. The van der Waals surface area contributed by atoms with Gasteiger partial charge in [0.15, 0.2) is 13.2 Å². The summed E-state index contributed by atoms with van der Waals surface area (Å²) in [6, 6.07) is 12.5. The fourth-order valence-corrected chi connectivity index (χ4v) is 2.20. The van der Waals surface area contributed by atoms with Crippen molar-refractivity contribution in [1.82, 2.24) is 10.1 Å². The van der Waals surface area contributed by atoms with E-state index in [1.54, 1.807) is 30.3 Å². The second-order valence-corrected chi connectivity index (χ2v) is 5.63. The zero-order chi connectivity index (χ0) is 20.1. The molecule has 2 N–H and O–H groups in total. The number of carbonyl (C=O) groups excluding carboxylic acids is 1. The highest BCUT2D eigenvalue weighted by Crippen LogP contribution is 2.27. The molecule has 1 aromatic heterocycles. The average molecular weight is 393 g/mol. The van der Waals surface area contributed by atoms with Crippen LogP contribution in [0.2, 0.25) is 0 Å². The Hall–Kier alpha value is -3.56. The summed E-state index contributed by atoms with van der Waals surface area (Å²) in [6.45, 7) is -1.63. The molecule has 3 rings (SSSR count). The average Bonchev–Trinajstić information content (AvgIpc) is 3.15. The van der Waals surface area contributed by atoms with Crippen molar-refractivity contribution in [2.24, 2.45) is 5.73 Å². The van der Waals surface area contributed by atoms with Gasteiger partial charge in [-0.2, -0.15) is 18.2 Å². The topological polar surface area (TPSA) is 100 Å². The first-order valence-corrected chi connectivity index (χ1v) is 7.95. The Morgan fingerprint density at radius 3 is 2.46 bits per heavy atom. The lowest BCUT2D eigenvalue weighted by atomic mass is 10.2. The third kappa shape index (κ3) is 5.22. The van der Waals surface area contributed by atoms with E-state index in [1.807, 2.05) is 0 Å². The Morgan fingerprint density at radius 1 is 1.04 bits per heavy atom. The van der Waals surface area contributed by atoms with Crippen molar-refractivity contribution in [2.45, 2.75) is 6.18 Å². The Morgan fingerprint density at radius 2 is 1.79 bits per heavy atom. The molecule has 0 spiro atoms. The third-order valence-electron chi connectivity index (χ3n) is 3.40. The van der Waals surface area contributed by atoms with Crippen LogP contribution in [0.5, 0.6) is 11.5 Å². The molecule has 0 saturated heterocycles. The molecule has 0 aliphatic carbocycles. The summed E-state index contributed by atoms with van der Waals surface area (Å²) in [5, 5.41) is 3.86. The lowest BCUT2D eigenvalue weighted by molar-refractivity contribution is -0.153. The first-order valence-electron chi connectivity index (χ1n) is 7.95. The first-order chi connectivity index (χ1) is 13.3. The highest BCUT2D eigenvalue weighted by molar-refractivity contribution is 5.75. The number of hydrogen-bond donors (Lipinski definition) is 1. The molecule has 0 unspecified atom stereocenters. The van der Waals surface area contributed by atoms with Gasteiger partial charge in [0.1, 0.15) is 11.5 Å². The maximum absolute atomic E-state index is 12.3. The van der Waals surface area contributed by atoms with Gasteiger partial charge in [-0.3, -0.25) is 4.79 Å². The maximum Gasteiger partial charge on any atom is 0.422 e. The number of aromatic nitrogens is 2. The van der Waals surface area contributed by atoms with E-state index in [1.165, 1.54) is 18.2 Å². The van der Waals surface area contributed by atoms with E-state index in [0.29, 0.717) is 16.9 Å². The number of benzene rings is 2. The maximum atomic E-state index is 12.3. The number of ether oxygens (including phenoxy) is 2. The van der Waals surface area contributed by atoms with Crippen molar-refractivity contribution < 1.29 is 32.0 Å². The fourth-order valence-electron chi connectivity index (χ4n) is 2.20. The van der Waals surface area contributed by atoms with Gasteiger partial charge in [-0.15, -0.1) is 0 Å². The summed E-state index contributed by atoms with van der Waals surface area (Å²) >= 11 is 0. The number of nitrogens with zero attached hydrogens (tertiary/aromatic N) is 2. The first kappa shape index (κ1) is 19.2. The van der Waals surface area contributed by atoms with Crippen molar-refractivity contribution in [3.63, 3.8) is 0 Å². The van der Waals surface area contributed by atoms with E-state index in [2.05, 4.69) is 10.1 Å². The Balaban J connectivity index is 1.72. The van der Waals surface area contributed by atoms with Crippen LogP contribution in [-0.4, -0.2) is 35.4 Å². The molecule has 0 bridgehead atoms. The minimum absolute atomic E-state index is 0.0329. The molecule has 3 aromatic rings. The van der Waals surface area contributed by atoms with Crippen molar-refractivity contribution in [3.8, 4) is 34.3 Å². The van der Waals surface area contributed by atoms with Crippen molar-refractivity contribution in [2.75, 3.05) is 13.2 Å². The van der Waals surface area contributed by atoms with E-state index in [9.17, 15) is 18.0 Å². The fraction of sp³-hybridized carbons (Fsp3) is 0.167. The second-order valence-electron chi connectivity index (χ2n) is 5.63. The molecular weight excluding hydrogens is 379 g/mol. The van der Waals surface area contributed by atoms with Crippen molar-refractivity contribution >= 4 is 5.91 Å². The SMILES string of the molecule is NC(=O)COc1ccc(-c2noc(-c3cccc(OCC(F)(F)F)c3)n2)cc1. The van der Waals surface area contributed by atoms with Crippen LogP contribution in [-0.2, 0) is 4.79 Å². The Labute approximate surface area is 156 Å². The van der Waals surface area contributed by atoms with Gasteiger partial charge in [0.2, 0.25) is 5.82 Å². The van der Waals surface area contributed by atoms with Gasteiger partial charge >= 0.3 is 6.18 Å². The zero-order valence-corrected chi connectivity index (χ0v) is 14.3. The molecule has 28 heavy (non-hydrogen) atoms. The summed E-state index contributed by atoms with van der Waals surface area (Å²) in [6.07, 6.45) is -4.43. The Bertz CT molecular complexity index is 955. The number of rotatable bonds is 7. The summed E-state index contributed by atoms with van der Waals surface area (Å²) in [5.74, 6) is 0.291.